The summed E-state index contributed by atoms with van der Waals surface area (Å²) in [7, 11) is 3.78. The first kappa shape index (κ1) is 21.4. The fourth-order valence-electron chi connectivity index (χ4n) is 3.97. The molecule has 2 N–H and O–H groups in total. The number of nitrogens with zero attached hydrogens (tertiary/aromatic N) is 1. The van der Waals surface area contributed by atoms with Gasteiger partial charge in [-0.1, -0.05) is 36.4 Å². The highest BCUT2D eigenvalue weighted by Gasteiger charge is 2.28. The molecule has 1 aliphatic carbocycles. The van der Waals surface area contributed by atoms with Gasteiger partial charge < -0.3 is 15.1 Å². The highest BCUT2D eigenvalue weighted by molar-refractivity contribution is 7.98. The van der Waals surface area contributed by atoms with Gasteiger partial charge in [0, 0.05) is 11.9 Å². The number of benzene rings is 2. The lowest BCUT2D eigenvalue weighted by molar-refractivity contribution is -0.862. The normalized spacial score (nSPS) is 16.6. The van der Waals surface area contributed by atoms with E-state index < -0.39 is 0 Å². The molecule has 0 saturated carbocycles. The summed E-state index contributed by atoms with van der Waals surface area (Å²) in [6.45, 7) is 0.552. The molecule has 0 aromatic heterocycles. The molecule has 0 saturated heterocycles. The lowest BCUT2D eigenvalue weighted by Gasteiger charge is -2.33. The van der Waals surface area contributed by atoms with Crippen LogP contribution >= 0.6 is 11.8 Å². The monoisotopic (exact) mass is 412 g/mol. The molecule has 0 aliphatic heterocycles. The number of quaternary nitrogens is 1. The predicted octanol–water partition coefficient (Wildman–Crippen LogP) is 2.40. The minimum Gasteiger partial charge on any atom is -0.334 e. The van der Waals surface area contributed by atoms with Crippen LogP contribution in [0.3, 0.4) is 0 Å². The zero-order valence-corrected chi connectivity index (χ0v) is 18.2. The number of rotatable bonds is 7. The Morgan fingerprint density at radius 3 is 2.66 bits per heavy atom. The minimum absolute atomic E-state index is 0.0708. The Hall–Kier alpha value is -2.31. The lowest BCUT2D eigenvalue weighted by Crippen LogP contribution is -3.11. The number of anilines is 1. The number of carbonyl (C=O) groups excluding carboxylic acids is 2. The van der Waals surface area contributed by atoms with Crippen molar-refractivity contribution < 1.29 is 14.5 Å². The number of thioether (sulfide) groups is 1. The fourth-order valence-corrected chi connectivity index (χ4v) is 4.52. The third-order valence-electron chi connectivity index (χ3n) is 5.50. The number of amides is 2. The maximum Gasteiger partial charge on any atom is 0.279 e. The molecular formula is C23H30N3O2S+. The number of carbonyl (C=O) groups is 2. The van der Waals surface area contributed by atoms with Gasteiger partial charge in [-0.3, -0.25) is 9.59 Å². The van der Waals surface area contributed by atoms with Crippen molar-refractivity contribution in [1.82, 2.24) is 4.90 Å². The molecule has 6 heteroatoms. The first-order chi connectivity index (χ1) is 14.0. The summed E-state index contributed by atoms with van der Waals surface area (Å²) in [6, 6.07) is 16.3. The van der Waals surface area contributed by atoms with Gasteiger partial charge in [0.15, 0.2) is 13.1 Å². The van der Waals surface area contributed by atoms with E-state index in [9.17, 15) is 9.59 Å². The van der Waals surface area contributed by atoms with Crippen molar-refractivity contribution in [3.05, 3.63) is 59.7 Å². The molecule has 3 rings (SSSR count). The van der Waals surface area contributed by atoms with Crippen LogP contribution in [-0.2, 0) is 16.0 Å². The molecule has 1 aliphatic rings. The Balaban J connectivity index is 1.56. The molecule has 0 heterocycles. The van der Waals surface area contributed by atoms with Crippen molar-refractivity contribution >= 4 is 29.3 Å². The summed E-state index contributed by atoms with van der Waals surface area (Å²) in [5, 5.41) is 2.97. The van der Waals surface area contributed by atoms with Gasteiger partial charge in [0.1, 0.15) is 0 Å². The number of likely N-dealkylation sites (N-methyl/N-ethyl adjacent to an activating group) is 2. The van der Waals surface area contributed by atoms with Crippen LogP contribution in [0.25, 0.3) is 0 Å². The van der Waals surface area contributed by atoms with E-state index >= 15 is 0 Å². The van der Waals surface area contributed by atoms with Crippen LogP contribution in [0.4, 0.5) is 5.69 Å². The van der Waals surface area contributed by atoms with E-state index in [0.29, 0.717) is 6.54 Å². The summed E-state index contributed by atoms with van der Waals surface area (Å²) in [4.78, 5) is 29.1. The van der Waals surface area contributed by atoms with E-state index in [0.717, 1.165) is 34.7 Å². The molecule has 2 aromatic carbocycles. The van der Waals surface area contributed by atoms with Gasteiger partial charge >= 0.3 is 0 Å². The zero-order valence-electron chi connectivity index (χ0n) is 17.4. The van der Waals surface area contributed by atoms with Crippen LogP contribution in [0, 0.1) is 0 Å². The second-order valence-corrected chi connectivity index (χ2v) is 8.52. The van der Waals surface area contributed by atoms with Crippen molar-refractivity contribution in [2.45, 2.75) is 30.2 Å². The molecule has 2 aromatic rings. The van der Waals surface area contributed by atoms with Crippen molar-refractivity contribution in [1.29, 1.82) is 0 Å². The molecule has 0 fully saturated rings. The second kappa shape index (κ2) is 9.94. The molecule has 1 unspecified atom stereocenters. The summed E-state index contributed by atoms with van der Waals surface area (Å²) in [5.41, 5.74) is 3.43. The zero-order chi connectivity index (χ0) is 20.8. The van der Waals surface area contributed by atoms with Crippen LogP contribution in [0.1, 0.15) is 30.0 Å². The van der Waals surface area contributed by atoms with E-state index in [4.69, 9.17) is 0 Å². The number of para-hydroxylation sites is 1. The molecule has 2 atom stereocenters. The fraction of sp³-hybridized carbons (Fsp3) is 0.391. The molecule has 29 heavy (non-hydrogen) atoms. The number of fused-ring (bicyclic) bond motifs is 1. The summed E-state index contributed by atoms with van der Waals surface area (Å²) < 4.78 is 0. The lowest BCUT2D eigenvalue weighted by atomic mass is 9.87. The minimum atomic E-state index is -0.0811. The Morgan fingerprint density at radius 2 is 1.86 bits per heavy atom. The highest BCUT2D eigenvalue weighted by atomic mass is 32.2. The van der Waals surface area contributed by atoms with Crippen LogP contribution in [-0.4, -0.2) is 50.2 Å². The van der Waals surface area contributed by atoms with E-state index in [-0.39, 0.29) is 24.4 Å². The first-order valence-corrected chi connectivity index (χ1v) is 11.3. The topological polar surface area (TPSA) is 53.9 Å². The van der Waals surface area contributed by atoms with Crippen LogP contribution < -0.4 is 10.2 Å². The average Bonchev–Trinajstić information content (AvgIpc) is 2.72. The Bertz CT molecular complexity index is 871. The molecular weight excluding hydrogens is 382 g/mol. The predicted molar refractivity (Wildman–Crippen MR) is 118 cm³/mol. The third-order valence-corrected chi connectivity index (χ3v) is 6.29. The molecule has 2 amide bonds. The Morgan fingerprint density at radius 1 is 1.14 bits per heavy atom. The van der Waals surface area contributed by atoms with Gasteiger partial charge in [-0.25, -0.2) is 0 Å². The van der Waals surface area contributed by atoms with Crippen LogP contribution in [0.15, 0.2) is 53.4 Å². The van der Waals surface area contributed by atoms with E-state index in [2.05, 4.69) is 23.5 Å². The number of nitrogens with one attached hydrogen (secondary N) is 2. The highest BCUT2D eigenvalue weighted by Crippen LogP contribution is 2.33. The van der Waals surface area contributed by atoms with E-state index in [1.54, 1.807) is 11.8 Å². The quantitative estimate of drug-likeness (QED) is 0.687. The Labute approximate surface area is 177 Å². The van der Waals surface area contributed by atoms with Gasteiger partial charge in [-0.05, 0) is 48.8 Å². The van der Waals surface area contributed by atoms with Crippen molar-refractivity contribution in [3.8, 4) is 0 Å². The molecule has 0 spiro atoms. The van der Waals surface area contributed by atoms with Gasteiger partial charge in [-0.15, -0.1) is 11.8 Å². The summed E-state index contributed by atoms with van der Waals surface area (Å²) >= 11 is 1.60. The number of hydrogen-bond acceptors (Lipinski definition) is 3. The maximum atomic E-state index is 12.9. The van der Waals surface area contributed by atoms with Crippen LogP contribution in [0.5, 0.6) is 0 Å². The van der Waals surface area contributed by atoms with Gasteiger partial charge in [-0.2, -0.15) is 0 Å². The standard InChI is InChI=1S/C23H29N3O2S/c1-25(15-22(27)24-19-12-6-7-14-21(19)29-3)16-23(28)26(2)20-13-8-10-17-9-4-5-11-18(17)20/h4-7,9,11-12,14,20H,8,10,13,15-16H2,1-3H3,(H,24,27)/p+1/t20-/m0/s1. The Kier molecular flexibility index (Phi) is 7.34. The number of hydrogen-bond donors (Lipinski definition) is 2. The molecule has 154 valence electrons. The SMILES string of the molecule is CSc1ccccc1NC(=O)C[NH+](C)CC(=O)N(C)[C@H]1CCCc2ccccc21. The molecule has 0 bridgehead atoms. The summed E-state index contributed by atoms with van der Waals surface area (Å²) in [6.07, 6.45) is 5.15. The largest absolute Gasteiger partial charge is 0.334 e. The summed E-state index contributed by atoms with van der Waals surface area (Å²) in [5.74, 6) is -0.0102. The van der Waals surface area contributed by atoms with Crippen molar-refractivity contribution in [2.24, 2.45) is 0 Å². The van der Waals surface area contributed by atoms with Gasteiger partial charge in [0.25, 0.3) is 11.8 Å². The average molecular weight is 413 g/mol. The smallest absolute Gasteiger partial charge is 0.279 e. The van der Waals surface area contributed by atoms with E-state index in [1.165, 1.54) is 11.1 Å². The molecule has 5 nitrogen and oxygen atoms in total. The van der Waals surface area contributed by atoms with Crippen LogP contribution in [0.2, 0.25) is 0 Å². The third kappa shape index (κ3) is 5.40. The maximum absolute atomic E-state index is 12.9. The van der Waals surface area contributed by atoms with Crippen molar-refractivity contribution in [3.63, 3.8) is 0 Å². The van der Waals surface area contributed by atoms with Crippen molar-refractivity contribution in [2.75, 3.05) is 38.8 Å². The first-order valence-electron chi connectivity index (χ1n) is 10.1. The van der Waals surface area contributed by atoms with E-state index in [1.807, 2.05) is 55.6 Å². The van der Waals surface area contributed by atoms with Gasteiger partial charge in [0.05, 0.1) is 18.8 Å². The molecule has 0 radical (unpaired) electrons. The number of aryl methyl sites for hydroxylation is 1. The second-order valence-electron chi connectivity index (χ2n) is 7.67. The van der Waals surface area contributed by atoms with Gasteiger partial charge in [0.2, 0.25) is 0 Å².